The van der Waals surface area contributed by atoms with Gasteiger partial charge in [-0.15, -0.1) is 0 Å². The molecule has 2 aliphatic rings. The third-order valence-electron chi connectivity index (χ3n) is 6.39. The van der Waals surface area contributed by atoms with Crippen molar-refractivity contribution in [3.8, 4) is 17.1 Å². The van der Waals surface area contributed by atoms with Gasteiger partial charge in [-0.3, -0.25) is 4.98 Å². The minimum Gasteiger partial charge on any atom is -0.496 e. The van der Waals surface area contributed by atoms with Crippen LogP contribution < -0.4 is 21.1 Å². The number of benzene rings is 1. The molecule has 0 amide bonds. The number of methoxy groups -OCH3 is 1. The number of fused-ring (bicyclic) bond motifs is 1. The number of hydrogen-bond donors (Lipinski definition) is 3. The van der Waals surface area contributed by atoms with Gasteiger partial charge in [-0.2, -0.15) is 18.7 Å². The van der Waals surface area contributed by atoms with Crippen molar-refractivity contribution in [3.63, 3.8) is 0 Å². The molecule has 1 aliphatic heterocycles. The molecule has 3 aromatic rings. The van der Waals surface area contributed by atoms with E-state index in [1.165, 1.54) is 17.3 Å². The molecule has 0 radical (unpaired) electrons. The first-order valence-corrected chi connectivity index (χ1v) is 10.9. The number of nitrogens with one attached hydrogen (secondary N) is 3. The van der Waals surface area contributed by atoms with Gasteiger partial charge in [-0.25, -0.2) is 15.8 Å². The Balaban J connectivity index is 1.37. The molecule has 10 heteroatoms. The lowest BCUT2D eigenvalue weighted by Gasteiger charge is -2.27. The largest absolute Gasteiger partial charge is 0.496 e. The lowest BCUT2D eigenvalue weighted by atomic mass is 9.82. The summed E-state index contributed by atoms with van der Waals surface area (Å²) < 4.78 is 47.6. The maximum atomic E-state index is 13.3. The summed E-state index contributed by atoms with van der Waals surface area (Å²) in [5.41, 5.74) is 11.5. The molecule has 1 aromatic carbocycles. The maximum absolute atomic E-state index is 13.3. The van der Waals surface area contributed by atoms with Crippen LogP contribution in [-0.2, 0) is 13.0 Å². The Morgan fingerprint density at radius 1 is 1.15 bits per heavy atom. The van der Waals surface area contributed by atoms with E-state index in [4.69, 9.17) is 4.74 Å². The zero-order chi connectivity index (χ0) is 23.0. The van der Waals surface area contributed by atoms with Crippen molar-refractivity contribution in [3.05, 3.63) is 65.7 Å². The number of halogens is 3. The number of nitrogens with zero attached hydrogens (tertiary/aromatic N) is 3. The average Bonchev–Trinajstić information content (AvgIpc) is 3.49. The molecule has 3 atom stereocenters. The van der Waals surface area contributed by atoms with Gasteiger partial charge in [0.25, 0.3) is 0 Å². The monoisotopic (exact) mass is 458 g/mol. The van der Waals surface area contributed by atoms with Crippen LogP contribution in [0.3, 0.4) is 0 Å². The van der Waals surface area contributed by atoms with Crippen LogP contribution in [0.25, 0.3) is 11.4 Å². The third kappa shape index (κ3) is 4.33. The fraction of sp³-hybridized carbons (Fsp3) is 0.391. The van der Waals surface area contributed by atoms with E-state index in [1.807, 2.05) is 22.9 Å². The number of pyridine rings is 1. The Hall–Kier alpha value is -2.95. The standard InChI is InChI=1S/C23H25F3N6O/c1-33-19-7-3-5-14-4-2-6-16(20(14)19)11-32-12-18(28-13-32)17-10-15(8-9-27-17)21-22(23(24,25)26)30-31-29-21/h3,5,7-10,12-13,16,21-22,29-31H,2,4,6,11H2,1H3. The quantitative estimate of drug-likeness (QED) is 0.542. The predicted octanol–water partition coefficient (Wildman–Crippen LogP) is 3.66. The molecular weight excluding hydrogens is 433 g/mol. The fourth-order valence-electron chi connectivity index (χ4n) is 4.85. The van der Waals surface area contributed by atoms with Crippen LogP contribution in [0.4, 0.5) is 13.2 Å². The molecule has 5 rings (SSSR count). The highest BCUT2D eigenvalue weighted by atomic mass is 19.4. The molecule has 3 unspecified atom stereocenters. The summed E-state index contributed by atoms with van der Waals surface area (Å²) in [6.07, 6.45) is 3.99. The Labute approximate surface area is 189 Å². The Morgan fingerprint density at radius 3 is 2.85 bits per heavy atom. The number of imidazole rings is 1. The molecule has 1 fully saturated rings. The first kappa shape index (κ1) is 21.9. The molecule has 33 heavy (non-hydrogen) atoms. The number of hydrogen-bond acceptors (Lipinski definition) is 6. The van der Waals surface area contributed by atoms with Crippen molar-refractivity contribution in [1.29, 1.82) is 0 Å². The van der Waals surface area contributed by atoms with E-state index in [0.29, 0.717) is 22.9 Å². The molecule has 3 N–H and O–H groups in total. The van der Waals surface area contributed by atoms with Gasteiger partial charge in [-0.1, -0.05) is 12.1 Å². The van der Waals surface area contributed by atoms with E-state index in [9.17, 15) is 13.2 Å². The van der Waals surface area contributed by atoms with E-state index in [2.05, 4.69) is 32.4 Å². The molecular formula is C23H25F3N6O. The van der Waals surface area contributed by atoms with Gasteiger partial charge in [0.2, 0.25) is 0 Å². The molecule has 7 nitrogen and oxygen atoms in total. The van der Waals surface area contributed by atoms with Crippen molar-refractivity contribution in [2.75, 3.05) is 7.11 Å². The summed E-state index contributed by atoms with van der Waals surface area (Å²) >= 11 is 0. The Kier molecular flexibility index (Phi) is 5.81. The van der Waals surface area contributed by atoms with E-state index in [0.717, 1.165) is 31.6 Å². The van der Waals surface area contributed by atoms with Crippen LogP contribution in [0.2, 0.25) is 0 Å². The average molecular weight is 458 g/mol. The summed E-state index contributed by atoms with van der Waals surface area (Å²) in [6.45, 7) is 0.744. The van der Waals surface area contributed by atoms with Crippen molar-refractivity contribution in [2.45, 2.75) is 50.0 Å². The number of rotatable bonds is 5. The van der Waals surface area contributed by atoms with E-state index >= 15 is 0 Å². The number of alkyl halides is 3. The normalized spacial score (nSPS) is 22.8. The molecule has 1 aliphatic carbocycles. The summed E-state index contributed by atoms with van der Waals surface area (Å²) in [4.78, 5) is 8.83. The second-order valence-electron chi connectivity index (χ2n) is 8.46. The first-order chi connectivity index (χ1) is 15.9. The van der Waals surface area contributed by atoms with E-state index in [1.54, 1.807) is 25.6 Å². The van der Waals surface area contributed by atoms with Crippen molar-refractivity contribution >= 4 is 0 Å². The molecule has 1 saturated heterocycles. The summed E-state index contributed by atoms with van der Waals surface area (Å²) in [6, 6.07) is 6.70. The SMILES string of the molecule is COc1cccc2c1C(Cn1cnc(-c3cc(C4NNNC4C(F)(F)F)ccn3)c1)CCC2. The van der Waals surface area contributed by atoms with Crippen molar-refractivity contribution in [1.82, 2.24) is 30.9 Å². The summed E-state index contributed by atoms with van der Waals surface area (Å²) in [7, 11) is 1.70. The van der Waals surface area contributed by atoms with Gasteiger partial charge in [-0.05, 0) is 48.6 Å². The molecule has 174 valence electrons. The van der Waals surface area contributed by atoms with Crippen LogP contribution in [-0.4, -0.2) is 33.9 Å². The Bertz CT molecular complexity index is 1120. The van der Waals surface area contributed by atoms with E-state index < -0.39 is 18.3 Å². The molecule has 2 aromatic heterocycles. The van der Waals surface area contributed by atoms with Gasteiger partial charge < -0.3 is 9.30 Å². The van der Waals surface area contributed by atoms with Gasteiger partial charge in [0, 0.05) is 30.4 Å². The van der Waals surface area contributed by atoms with Gasteiger partial charge in [0.1, 0.15) is 17.5 Å². The molecule has 0 spiro atoms. The first-order valence-electron chi connectivity index (χ1n) is 10.9. The van der Waals surface area contributed by atoms with Crippen LogP contribution in [0, 0.1) is 0 Å². The van der Waals surface area contributed by atoms with Gasteiger partial charge >= 0.3 is 6.18 Å². The zero-order valence-corrected chi connectivity index (χ0v) is 18.1. The molecule has 3 heterocycles. The number of aryl methyl sites for hydroxylation is 1. The maximum Gasteiger partial charge on any atom is 0.407 e. The topological polar surface area (TPSA) is 76.0 Å². The minimum atomic E-state index is -4.40. The minimum absolute atomic E-state index is 0.304. The highest BCUT2D eigenvalue weighted by Gasteiger charge is 2.48. The summed E-state index contributed by atoms with van der Waals surface area (Å²) in [5, 5.41) is 0. The second-order valence-corrected chi connectivity index (χ2v) is 8.46. The van der Waals surface area contributed by atoms with Crippen molar-refractivity contribution < 1.29 is 17.9 Å². The molecule has 0 bridgehead atoms. The van der Waals surface area contributed by atoms with Crippen LogP contribution >= 0.6 is 0 Å². The van der Waals surface area contributed by atoms with Gasteiger partial charge in [0.05, 0.1) is 25.2 Å². The second kappa shape index (κ2) is 8.77. The number of aromatic nitrogens is 3. The highest BCUT2D eigenvalue weighted by Crippen LogP contribution is 2.39. The lowest BCUT2D eigenvalue weighted by molar-refractivity contribution is -0.156. The predicted molar refractivity (Wildman–Crippen MR) is 116 cm³/mol. The highest BCUT2D eigenvalue weighted by molar-refractivity contribution is 5.54. The van der Waals surface area contributed by atoms with Crippen LogP contribution in [0.1, 0.15) is 41.5 Å². The molecule has 0 saturated carbocycles. The number of ether oxygens (including phenoxy) is 1. The number of hydrazine groups is 2. The fourth-order valence-corrected chi connectivity index (χ4v) is 4.85. The Morgan fingerprint density at radius 2 is 2.03 bits per heavy atom. The lowest BCUT2D eigenvalue weighted by Crippen LogP contribution is -2.43. The van der Waals surface area contributed by atoms with Crippen molar-refractivity contribution in [2.24, 2.45) is 0 Å². The van der Waals surface area contributed by atoms with E-state index in [-0.39, 0.29) is 0 Å². The third-order valence-corrected chi connectivity index (χ3v) is 6.39. The zero-order valence-electron chi connectivity index (χ0n) is 18.1. The van der Waals surface area contributed by atoms with Crippen LogP contribution in [0.5, 0.6) is 5.75 Å². The van der Waals surface area contributed by atoms with Gasteiger partial charge in [0.15, 0.2) is 0 Å². The summed E-state index contributed by atoms with van der Waals surface area (Å²) in [5.74, 6) is 1.22. The smallest absolute Gasteiger partial charge is 0.407 e. The van der Waals surface area contributed by atoms with Crippen LogP contribution in [0.15, 0.2) is 49.1 Å².